The summed E-state index contributed by atoms with van der Waals surface area (Å²) >= 11 is 0. The fraction of sp³-hybridized carbons (Fsp3) is 0.692. The number of hydrogen-bond donors (Lipinski definition) is 0. The van der Waals surface area contributed by atoms with Gasteiger partial charge < -0.3 is 9.30 Å². The molecule has 2 aliphatic heterocycles. The van der Waals surface area contributed by atoms with Gasteiger partial charge >= 0.3 is 0 Å². The lowest BCUT2D eigenvalue weighted by Gasteiger charge is -2.36. The van der Waals surface area contributed by atoms with Crippen LogP contribution < -0.4 is 0 Å². The van der Waals surface area contributed by atoms with Gasteiger partial charge in [0.2, 0.25) is 0 Å². The van der Waals surface area contributed by atoms with E-state index in [0.717, 1.165) is 13.2 Å². The summed E-state index contributed by atoms with van der Waals surface area (Å²) in [6.07, 6.45) is 6.39. The zero-order chi connectivity index (χ0) is 11.0. The van der Waals surface area contributed by atoms with E-state index in [-0.39, 0.29) is 0 Å². The Morgan fingerprint density at radius 1 is 1.44 bits per heavy atom. The van der Waals surface area contributed by atoms with Gasteiger partial charge in [0.15, 0.2) is 0 Å². The van der Waals surface area contributed by atoms with Crippen molar-refractivity contribution < 1.29 is 4.74 Å². The third-order valence-corrected chi connectivity index (χ3v) is 3.99. The Balaban J connectivity index is 1.72. The molecule has 0 unspecified atom stereocenters. The Morgan fingerprint density at radius 3 is 3.19 bits per heavy atom. The van der Waals surface area contributed by atoms with Crippen LogP contribution in [0.2, 0.25) is 0 Å². The van der Waals surface area contributed by atoms with Crippen molar-refractivity contribution in [3.05, 3.63) is 24.0 Å². The van der Waals surface area contributed by atoms with Gasteiger partial charge in [-0.1, -0.05) is 0 Å². The molecule has 0 saturated carbocycles. The summed E-state index contributed by atoms with van der Waals surface area (Å²) in [5.74, 6) is 0. The summed E-state index contributed by atoms with van der Waals surface area (Å²) in [5.41, 5.74) is 1.41. The molecule has 0 N–H and O–H groups in total. The lowest BCUT2D eigenvalue weighted by Crippen LogP contribution is -2.45. The van der Waals surface area contributed by atoms with Gasteiger partial charge in [-0.15, -0.1) is 0 Å². The topological polar surface area (TPSA) is 17.4 Å². The second-order valence-electron chi connectivity index (χ2n) is 4.99. The molecule has 0 aromatic carbocycles. The molecule has 3 nitrogen and oxygen atoms in total. The van der Waals surface area contributed by atoms with Gasteiger partial charge in [-0.05, 0) is 37.9 Å². The van der Waals surface area contributed by atoms with E-state index in [9.17, 15) is 0 Å². The quantitative estimate of drug-likeness (QED) is 0.756. The molecular weight excluding hydrogens is 200 g/mol. The summed E-state index contributed by atoms with van der Waals surface area (Å²) in [6, 6.07) is 5.02. The molecule has 0 amide bonds. The smallest absolute Gasteiger partial charge is 0.0731 e. The molecule has 0 spiro atoms. The second kappa shape index (κ2) is 4.22. The number of likely N-dealkylation sites (tertiary alicyclic amines) is 1. The Hall–Kier alpha value is -0.800. The first-order chi connectivity index (χ1) is 7.84. The third kappa shape index (κ3) is 1.78. The predicted octanol–water partition coefficient (Wildman–Crippen LogP) is 1.78. The van der Waals surface area contributed by atoms with Crippen molar-refractivity contribution in [1.29, 1.82) is 0 Å². The molecule has 1 aromatic rings. The van der Waals surface area contributed by atoms with E-state index in [4.69, 9.17) is 4.74 Å². The van der Waals surface area contributed by atoms with Crippen LogP contribution in [0.15, 0.2) is 18.3 Å². The van der Waals surface area contributed by atoms with E-state index in [1.807, 2.05) is 0 Å². The van der Waals surface area contributed by atoms with E-state index in [0.29, 0.717) is 12.1 Å². The summed E-state index contributed by atoms with van der Waals surface area (Å²) in [5, 5.41) is 0. The van der Waals surface area contributed by atoms with Gasteiger partial charge in [0.25, 0.3) is 0 Å². The van der Waals surface area contributed by atoms with Crippen LogP contribution in [0.3, 0.4) is 0 Å². The molecule has 0 radical (unpaired) electrons. The zero-order valence-electron chi connectivity index (χ0n) is 9.93. The monoisotopic (exact) mass is 220 g/mol. The normalized spacial score (nSPS) is 30.6. The Bertz CT molecular complexity index is 361. The van der Waals surface area contributed by atoms with Crippen LogP contribution in [0.1, 0.15) is 25.0 Å². The SMILES string of the molecule is Cn1cccc1CN1CCC[C@H]2OCC[C@H]21. The van der Waals surface area contributed by atoms with Crippen molar-refractivity contribution in [1.82, 2.24) is 9.47 Å². The van der Waals surface area contributed by atoms with Crippen LogP contribution in [0.4, 0.5) is 0 Å². The lowest BCUT2D eigenvalue weighted by molar-refractivity contribution is 0.0224. The zero-order valence-corrected chi connectivity index (χ0v) is 9.93. The highest BCUT2D eigenvalue weighted by atomic mass is 16.5. The average Bonchev–Trinajstić information content (AvgIpc) is 2.89. The molecule has 3 heterocycles. The van der Waals surface area contributed by atoms with Crippen LogP contribution in [0.25, 0.3) is 0 Å². The molecule has 3 rings (SSSR count). The number of aryl methyl sites for hydroxylation is 1. The van der Waals surface area contributed by atoms with Crippen molar-refractivity contribution in [2.75, 3.05) is 13.2 Å². The molecule has 0 aliphatic carbocycles. The number of ether oxygens (including phenoxy) is 1. The summed E-state index contributed by atoms with van der Waals surface area (Å²) < 4.78 is 8.01. The number of aromatic nitrogens is 1. The highest BCUT2D eigenvalue weighted by Crippen LogP contribution is 2.29. The Morgan fingerprint density at radius 2 is 2.38 bits per heavy atom. The first kappa shape index (κ1) is 10.4. The minimum absolute atomic E-state index is 0.508. The van der Waals surface area contributed by atoms with Crippen molar-refractivity contribution in [2.24, 2.45) is 7.05 Å². The molecule has 2 aliphatic rings. The third-order valence-electron chi connectivity index (χ3n) is 3.99. The second-order valence-corrected chi connectivity index (χ2v) is 4.99. The number of fused-ring (bicyclic) bond motifs is 1. The van der Waals surface area contributed by atoms with E-state index >= 15 is 0 Å². The van der Waals surface area contributed by atoms with Gasteiger partial charge in [-0.25, -0.2) is 0 Å². The summed E-state index contributed by atoms with van der Waals surface area (Å²) in [4.78, 5) is 2.61. The van der Waals surface area contributed by atoms with Gasteiger partial charge in [-0.2, -0.15) is 0 Å². The minimum Gasteiger partial charge on any atom is -0.377 e. The van der Waals surface area contributed by atoms with Gasteiger partial charge in [0.1, 0.15) is 0 Å². The predicted molar refractivity (Wildman–Crippen MR) is 63.2 cm³/mol. The standard InChI is InChI=1S/C13H20N2O/c1-14-7-2-4-11(14)10-15-8-3-5-13-12(15)6-9-16-13/h2,4,7,12-13H,3,5-6,8-10H2,1H3/t12-,13-/m1/s1. The van der Waals surface area contributed by atoms with Crippen LogP contribution >= 0.6 is 0 Å². The highest BCUT2D eigenvalue weighted by Gasteiger charge is 2.35. The molecule has 2 atom stereocenters. The van der Waals surface area contributed by atoms with Gasteiger partial charge in [-0.3, -0.25) is 4.90 Å². The molecule has 16 heavy (non-hydrogen) atoms. The highest BCUT2D eigenvalue weighted by molar-refractivity contribution is 5.07. The van der Waals surface area contributed by atoms with Crippen LogP contribution in [0.5, 0.6) is 0 Å². The molecular formula is C13H20N2O. The maximum Gasteiger partial charge on any atom is 0.0731 e. The van der Waals surface area contributed by atoms with E-state index in [1.165, 1.54) is 31.5 Å². The van der Waals surface area contributed by atoms with Crippen LogP contribution in [-0.4, -0.2) is 34.8 Å². The molecule has 2 saturated heterocycles. The Kier molecular flexibility index (Phi) is 2.74. The van der Waals surface area contributed by atoms with E-state index in [2.05, 4.69) is 34.8 Å². The maximum atomic E-state index is 5.79. The summed E-state index contributed by atoms with van der Waals surface area (Å²) in [6.45, 7) is 3.27. The van der Waals surface area contributed by atoms with Crippen molar-refractivity contribution in [3.63, 3.8) is 0 Å². The number of hydrogen-bond acceptors (Lipinski definition) is 2. The summed E-state index contributed by atoms with van der Waals surface area (Å²) in [7, 11) is 2.13. The van der Waals surface area contributed by atoms with Crippen LogP contribution in [-0.2, 0) is 18.3 Å². The fourth-order valence-corrected chi connectivity index (χ4v) is 3.06. The maximum absolute atomic E-state index is 5.79. The number of piperidine rings is 1. The van der Waals surface area contributed by atoms with Crippen molar-refractivity contribution >= 4 is 0 Å². The van der Waals surface area contributed by atoms with E-state index < -0.39 is 0 Å². The van der Waals surface area contributed by atoms with Crippen LogP contribution in [0, 0.1) is 0 Å². The fourth-order valence-electron chi connectivity index (χ4n) is 3.06. The molecule has 88 valence electrons. The first-order valence-electron chi connectivity index (χ1n) is 6.30. The van der Waals surface area contributed by atoms with Crippen molar-refractivity contribution in [2.45, 2.75) is 38.0 Å². The average molecular weight is 220 g/mol. The molecule has 0 bridgehead atoms. The first-order valence-corrected chi connectivity index (χ1v) is 6.30. The number of nitrogens with zero attached hydrogens (tertiary/aromatic N) is 2. The van der Waals surface area contributed by atoms with Gasteiger partial charge in [0.05, 0.1) is 6.10 Å². The molecule has 2 fully saturated rings. The molecule has 1 aromatic heterocycles. The molecule has 3 heteroatoms. The largest absolute Gasteiger partial charge is 0.377 e. The van der Waals surface area contributed by atoms with Gasteiger partial charge in [0, 0.05) is 38.1 Å². The number of rotatable bonds is 2. The van der Waals surface area contributed by atoms with E-state index in [1.54, 1.807) is 0 Å². The lowest BCUT2D eigenvalue weighted by atomic mass is 9.98. The minimum atomic E-state index is 0.508. The van der Waals surface area contributed by atoms with Crippen molar-refractivity contribution in [3.8, 4) is 0 Å². The Labute approximate surface area is 97.0 Å².